The number of carbonyl (C=O) groups is 4. The van der Waals surface area contributed by atoms with E-state index in [1.54, 1.807) is 27.7 Å². The Morgan fingerprint density at radius 3 is 2.40 bits per heavy atom. The van der Waals surface area contributed by atoms with E-state index in [1.165, 1.54) is 13.0 Å². The standard InChI is InChI=1S/C22H24O8/c1-8-7-13(24)15-9(2)17(27-12(5)23)19(29-21(26)22(6)11(4)30-22)16-10(3)20(25)28-18(16)14(8)15/h7,11,14,16-19H,3H2,1-2,4-6H3/t11-,14+,16+,17-,18-,19-,22+/m1/s1. The van der Waals surface area contributed by atoms with Crippen molar-refractivity contribution in [3.63, 3.8) is 0 Å². The van der Waals surface area contributed by atoms with E-state index in [-0.39, 0.29) is 17.5 Å². The molecular weight excluding hydrogens is 392 g/mol. The minimum Gasteiger partial charge on any atom is -0.457 e. The Kier molecular flexibility index (Phi) is 4.54. The first-order valence-electron chi connectivity index (χ1n) is 9.86. The van der Waals surface area contributed by atoms with Crippen molar-refractivity contribution in [2.75, 3.05) is 0 Å². The summed E-state index contributed by atoms with van der Waals surface area (Å²) in [6.07, 6.45) is -1.77. The van der Waals surface area contributed by atoms with Crippen LogP contribution in [-0.2, 0) is 38.1 Å². The number of ether oxygens (including phenoxy) is 4. The monoisotopic (exact) mass is 416 g/mol. The van der Waals surface area contributed by atoms with Gasteiger partial charge >= 0.3 is 17.9 Å². The van der Waals surface area contributed by atoms with Gasteiger partial charge in [-0.15, -0.1) is 0 Å². The van der Waals surface area contributed by atoms with Gasteiger partial charge in [0.1, 0.15) is 6.10 Å². The largest absolute Gasteiger partial charge is 0.457 e. The number of allylic oxidation sites excluding steroid dienone is 1. The lowest BCUT2D eigenvalue weighted by atomic mass is 9.82. The summed E-state index contributed by atoms with van der Waals surface area (Å²) in [4.78, 5) is 49.9. The Hall–Kier alpha value is -2.74. The van der Waals surface area contributed by atoms with Crippen LogP contribution in [0.5, 0.6) is 0 Å². The maximum atomic E-state index is 12.9. The number of epoxide rings is 1. The maximum Gasteiger partial charge on any atom is 0.341 e. The molecule has 4 rings (SSSR count). The molecule has 2 aliphatic heterocycles. The topological polar surface area (TPSA) is 109 Å². The molecule has 8 nitrogen and oxygen atoms in total. The van der Waals surface area contributed by atoms with Crippen LogP contribution in [0.15, 0.2) is 34.9 Å². The third kappa shape index (κ3) is 2.85. The molecule has 0 aromatic rings. The molecule has 0 N–H and O–H groups in total. The van der Waals surface area contributed by atoms with Crippen molar-refractivity contribution in [3.8, 4) is 0 Å². The van der Waals surface area contributed by atoms with Crippen LogP contribution in [0.1, 0.15) is 34.6 Å². The van der Waals surface area contributed by atoms with Gasteiger partial charge < -0.3 is 18.9 Å². The van der Waals surface area contributed by atoms with Crippen molar-refractivity contribution in [2.45, 2.75) is 64.6 Å². The Balaban J connectivity index is 1.84. The molecule has 0 spiro atoms. The van der Waals surface area contributed by atoms with Crippen LogP contribution in [-0.4, -0.2) is 53.7 Å². The molecule has 0 amide bonds. The lowest BCUT2D eigenvalue weighted by molar-refractivity contribution is -0.172. The molecule has 4 aliphatic rings. The lowest BCUT2D eigenvalue weighted by Crippen LogP contribution is -2.46. The zero-order valence-corrected chi connectivity index (χ0v) is 17.5. The fraction of sp³-hybridized carbons (Fsp3) is 0.545. The zero-order chi connectivity index (χ0) is 22.1. The first-order valence-corrected chi connectivity index (χ1v) is 9.86. The first-order chi connectivity index (χ1) is 14.0. The number of hydrogen-bond acceptors (Lipinski definition) is 8. The van der Waals surface area contributed by atoms with E-state index in [4.69, 9.17) is 18.9 Å². The summed E-state index contributed by atoms with van der Waals surface area (Å²) < 4.78 is 22.3. The molecule has 0 saturated carbocycles. The Morgan fingerprint density at radius 1 is 1.20 bits per heavy atom. The lowest BCUT2D eigenvalue weighted by Gasteiger charge is -2.32. The van der Waals surface area contributed by atoms with Gasteiger partial charge in [0, 0.05) is 24.0 Å². The predicted molar refractivity (Wildman–Crippen MR) is 102 cm³/mol. The molecule has 2 heterocycles. The van der Waals surface area contributed by atoms with Crippen LogP contribution in [0.4, 0.5) is 0 Å². The van der Waals surface area contributed by atoms with Crippen LogP contribution in [0.25, 0.3) is 0 Å². The fourth-order valence-corrected chi connectivity index (χ4v) is 4.73. The Bertz CT molecular complexity index is 956. The smallest absolute Gasteiger partial charge is 0.341 e. The number of esters is 3. The zero-order valence-electron chi connectivity index (χ0n) is 17.5. The molecule has 2 saturated heterocycles. The van der Waals surface area contributed by atoms with E-state index < -0.39 is 53.7 Å². The summed E-state index contributed by atoms with van der Waals surface area (Å²) in [5.74, 6) is -3.40. The molecule has 8 heteroatoms. The van der Waals surface area contributed by atoms with Crippen molar-refractivity contribution >= 4 is 23.7 Å². The molecule has 0 aromatic carbocycles. The van der Waals surface area contributed by atoms with E-state index in [0.29, 0.717) is 11.1 Å². The molecule has 30 heavy (non-hydrogen) atoms. The number of hydrogen-bond donors (Lipinski definition) is 0. The second-order valence-corrected chi connectivity index (χ2v) is 8.51. The third-order valence-electron chi connectivity index (χ3n) is 6.60. The molecule has 2 fully saturated rings. The minimum atomic E-state index is -1.12. The summed E-state index contributed by atoms with van der Waals surface area (Å²) >= 11 is 0. The molecule has 0 unspecified atom stereocenters. The van der Waals surface area contributed by atoms with Crippen molar-refractivity contribution in [1.82, 2.24) is 0 Å². The maximum absolute atomic E-state index is 12.9. The average Bonchev–Trinajstić information content (AvgIpc) is 3.05. The molecule has 0 bridgehead atoms. The molecule has 7 atom stereocenters. The van der Waals surface area contributed by atoms with Crippen molar-refractivity contribution in [2.24, 2.45) is 11.8 Å². The van der Waals surface area contributed by atoms with Gasteiger partial charge in [0.05, 0.1) is 12.0 Å². The van der Waals surface area contributed by atoms with Crippen molar-refractivity contribution < 1.29 is 38.1 Å². The van der Waals surface area contributed by atoms with Crippen LogP contribution in [0.2, 0.25) is 0 Å². The molecule has 2 aliphatic carbocycles. The second-order valence-electron chi connectivity index (χ2n) is 8.51. The average molecular weight is 416 g/mol. The quantitative estimate of drug-likeness (QED) is 0.295. The highest BCUT2D eigenvalue weighted by Crippen LogP contribution is 2.49. The summed E-state index contributed by atoms with van der Waals surface area (Å²) in [6, 6.07) is 0. The normalized spacial score (nSPS) is 39.6. The summed E-state index contributed by atoms with van der Waals surface area (Å²) in [5, 5.41) is 0. The van der Waals surface area contributed by atoms with Gasteiger partial charge in [-0.25, -0.2) is 9.59 Å². The van der Waals surface area contributed by atoms with Gasteiger partial charge in [-0.1, -0.05) is 12.2 Å². The summed E-state index contributed by atoms with van der Waals surface area (Å²) in [5.41, 5.74) is 0.601. The Labute approximate surface area is 173 Å². The van der Waals surface area contributed by atoms with Gasteiger partial charge in [0.15, 0.2) is 23.6 Å². The van der Waals surface area contributed by atoms with Crippen molar-refractivity contribution in [3.05, 3.63) is 34.9 Å². The fourth-order valence-electron chi connectivity index (χ4n) is 4.73. The number of rotatable bonds is 3. The predicted octanol–water partition coefficient (Wildman–Crippen LogP) is 1.58. The van der Waals surface area contributed by atoms with Gasteiger partial charge in [0.2, 0.25) is 0 Å². The molecule has 0 radical (unpaired) electrons. The number of fused-ring (bicyclic) bond motifs is 3. The number of ketones is 1. The summed E-state index contributed by atoms with van der Waals surface area (Å²) in [7, 11) is 0. The SMILES string of the molecule is C=C1C(=O)O[C@@H]2[C@H]3C(C)=CC(=O)C3=C(C)[C@@H](OC(C)=O)[C@H](OC(=O)[C@@]3(C)O[C@@H]3C)[C@@H]12. The van der Waals surface area contributed by atoms with Gasteiger partial charge in [-0.05, 0) is 39.3 Å². The van der Waals surface area contributed by atoms with Gasteiger partial charge in [0.25, 0.3) is 0 Å². The molecule has 160 valence electrons. The van der Waals surface area contributed by atoms with Crippen LogP contribution < -0.4 is 0 Å². The third-order valence-corrected chi connectivity index (χ3v) is 6.60. The van der Waals surface area contributed by atoms with E-state index in [1.807, 2.05) is 0 Å². The first kappa shape index (κ1) is 20.5. The van der Waals surface area contributed by atoms with Crippen LogP contribution >= 0.6 is 0 Å². The van der Waals surface area contributed by atoms with Crippen LogP contribution in [0.3, 0.4) is 0 Å². The van der Waals surface area contributed by atoms with E-state index in [0.717, 1.165) is 5.57 Å². The number of carbonyl (C=O) groups excluding carboxylic acids is 4. The van der Waals surface area contributed by atoms with Crippen molar-refractivity contribution in [1.29, 1.82) is 0 Å². The van der Waals surface area contributed by atoms with E-state index >= 15 is 0 Å². The highest BCUT2D eigenvalue weighted by atomic mass is 16.7. The highest BCUT2D eigenvalue weighted by Gasteiger charge is 2.61. The van der Waals surface area contributed by atoms with E-state index in [2.05, 4.69) is 6.58 Å². The minimum absolute atomic E-state index is 0.117. The van der Waals surface area contributed by atoms with Gasteiger partial charge in [-0.3, -0.25) is 9.59 Å². The molecule has 0 aromatic heterocycles. The second kappa shape index (κ2) is 6.63. The summed E-state index contributed by atoms with van der Waals surface area (Å²) in [6.45, 7) is 11.9. The highest BCUT2D eigenvalue weighted by molar-refractivity contribution is 6.09. The van der Waals surface area contributed by atoms with E-state index in [9.17, 15) is 19.2 Å². The van der Waals surface area contributed by atoms with Gasteiger partial charge in [-0.2, -0.15) is 0 Å². The Morgan fingerprint density at radius 2 is 1.83 bits per heavy atom. The molecular formula is C22H24O8. The van der Waals surface area contributed by atoms with Crippen LogP contribution in [0, 0.1) is 11.8 Å².